The largest absolute Gasteiger partial charge is 0.316 e. The summed E-state index contributed by atoms with van der Waals surface area (Å²) < 4.78 is 28.1. The Balaban J connectivity index is 1.90. The van der Waals surface area contributed by atoms with Gasteiger partial charge in [0.15, 0.2) is 0 Å². The van der Waals surface area contributed by atoms with E-state index in [-0.39, 0.29) is 6.42 Å². The van der Waals surface area contributed by atoms with Crippen molar-refractivity contribution in [2.24, 2.45) is 5.41 Å². The number of hydrogen-bond donors (Lipinski definition) is 1. The van der Waals surface area contributed by atoms with Crippen LogP contribution < -0.4 is 5.32 Å². The fourth-order valence-electron chi connectivity index (χ4n) is 3.14. The summed E-state index contributed by atoms with van der Waals surface area (Å²) in [6.07, 6.45) is 4.20. The Labute approximate surface area is 103 Å². The van der Waals surface area contributed by atoms with Gasteiger partial charge in [-0.2, -0.15) is 0 Å². The van der Waals surface area contributed by atoms with Crippen LogP contribution in [0.2, 0.25) is 0 Å². The molecule has 0 aliphatic carbocycles. The summed E-state index contributed by atoms with van der Waals surface area (Å²) in [4.78, 5) is 2.23. The van der Waals surface area contributed by atoms with Crippen LogP contribution in [0.4, 0.5) is 8.78 Å². The summed E-state index contributed by atoms with van der Waals surface area (Å²) in [7, 11) is 0. The summed E-state index contributed by atoms with van der Waals surface area (Å²) in [5.41, 5.74) is -0.780. The second kappa shape index (κ2) is 5.19. The zero-order valence-corrected chi connectivity index (χ0v) is 10.8. The van der Waals surface area contributed by atoms with Crippen LogP contribution in [0.15, 0.2) is 0 Å². The van der Waals surface area contributed by atoms with Crippen LogP contribution in [0.5, 0.6) is 0 Å². The topological polar surface area (TPSA) is 15.3 Å². The number of hydrogen-bond acceptors (Lipinski definition) is 2. The lowest BCUT2D eigenvalue weighted by Gasteiger charge is -2.41. The number of nitrogens with zero attached hydrogens (tertiary/aromatic N) is 1. The van der Waals surface area contributed by atoms with Gasteiger partial charge < -0.3 is 10.2 Å². The molecule has 1 N–H and O–H groups in total. The predicted molar refractivity (Wildman–Crippen MR) is 65.4 cm³/mol. The molecule has 2 nitrogen and oxygen atoms in total. The van der Waals surface area contributed by atoms with Gasteiger partial charge in [-0.25, -0.2) is 8.78 Å². The zero-order chi connectivity index (χ0) is 12.4. The molecule has 2 fully saturated rings. The molecule has 17 heavy (non-hydrogen) atoms. The van der Waals surface area contributed by atoms with Gasteiger partial charge in [0.1, 0.15) is 0 Å². The lowest BCUT2D eigenvalue weighted by Crippen LogP contribution is -2.55. The summed E-state index contributed by atoms with van der Waals surface area (Å²) in [5.74, 6) is -2.47. The minimum Gasteiger partial charge on any atom is -0.316 e. The fourth-order valence-corrected chi connectivity index (χ4v) is 3.14. The van der Waals surface area contributed by atoms with Crippen molar-refractivity contribution in [3.05, 3.63) is 0 Å². The highest BCUT2D eigenvalue weighted by molar-refractivity contribution is 5.03. The Morgan fingerprint density at radius 3 is 2.76 bits per heavy atom. The molecule has 0 aromatic carbocycles. The Morgan fingerprint density at radius 2 is 2.06 bits per heavy atom. The molecule has 0 bridgehead atoms. The SMILES string of the molecule is CCCCCN1CC[C@]2(CNCCC2(F)F)C1. The Kier molecular flexibility index (Phi) is 4.03. The van der Waals surface area contributed by atoms with E-state index in [9.17, 15) is 8.78 Å². The van der Waals surface area contributed by atoms with E-state index in [2.05, 4.69) is 17.1 Å². The highest BCUT2D eigenvalue weighted by Gasteiger charge is 2.57. The molecule has 0 amide bonds. The van der Waals surface area contributed by atoms with Crippen LogP contribution in [-0.4, -0.2) is 43.5 Å². The molecule has 2 aliphatic rings. The van der Waals surface area contributed by atoms with E-state index in [1.807, 2.05) is 0 Å². The molecule has 2 aliphatic heterocycles. The molecule has 0 saturated carbocycles. The van der Waals surface area contributed by atoms with Crippen LogP contribution in [0.25, 0.3) is 0 Å². The number of likely N-dealkylation sites (tertiary alicyclic amines) is 1. The van der Waals surface area contributed by atoms with Crippen LogP contribution in [0.3, 0.4) is 0 Å². The maximum absolute atomic E-state index is 14.1. The van der Waals surface area contributed by atoms with E-state index in [1.165, 1.54) is 12.8 Å². The highest BCUT2D eigenvalue weighted by Crippen LogP contribution is 2.47. The van der Waals surface area contributed by atoms with E-state index < -0.39 is 11.3 Å². The molecule has 0 aromatic rings. The smallest absolute Gasteiger partial charge is 0.257 e. The number of unbranched alkanes of at least 4 members (excludes halogenated alkanes) is 2. The van der Waals surface area contributed by atoms with Crippen LogP contribution in [0, 0.1) is 5.41 Å². The van der Waals surface area contributed by atoms with Crippen molar-refractivity contribution in [3.8, 4) is 0 Å². The van der Waals surface area contributed by atoms with Crippen molar-refractivity contribution in [1.29, 1.82) is 0 Å². The van der Waals surface area contributed by atoms with Gasteiger partial charge in [0.05, 0.1) is 5.41 Å². The van der Waals surface area contributed by atoms with Crippen molar-refractivity contribution in [2.75, 3.05) is 32.7 Å². The maximum Gasteiger partial charge on any atom is 0.257 e. The number of nitrogens with one attached hydrogen (secondary N) is 1. The quantitative estimate of drug-likeness (QED) is 0.767. The van der Waals surface area contributed by atoms with E-state index in [0.717, 1.165) is 19.5 Å². The van der Waals surface area contributed by atoms with Crippen molar-refractivity contribution in [2.45, 2.75) is 45.0 Å². The third kappa shape index (κ3) is 2.63. The lowest BCUT2D eigenvalue weighted by molar-refractivity contribution is -0.135. The first-order chi connectivity index (χ1) is 8.10. The Hall–Kier alpha value is -0.220. The molecule has 100 valence electrons. The maximum atomic E-state index is 14.1. The van der Waals surface area contributed by atoms with Crippen LogP contribution in [-0.2, 0) is 0 Å². The van der Waals surface area contributed by atoms with Crippen LogP contribution in [0.1, 0.15) is 39.0 Å². The van der Waals surface area contributed by atoms with Gasteiger partial charge in [0, 0.05) is 26.1 Å². The number of piperidine rings is 1. The van der Waals surface area contributed by atoms with Gasteiger partial charge in [-0.05, 0) is 25.9 Å². The fraction of sp³-hybridized carbons (Fsp3) is 1.00. The van der Waals surface area contributed by atoms with Gasteiger partial charge in [0.25, 0.3) is 5.92 Å². The van der Waals surface area contributed by atoms with E-state index >= 15 is 0 Å². The zero-order valence-electron chi connectivity index (χ0n) is 10.8. The van der Waals surface area contributed by atoms with Crippen LogP contribution >= 0.6 is 0 Å². The highest BCUT2D eigenvalue weighted by atomic mass is 19.3. The second-order valence-electron chi connectivity index (χ2n) is 5.64. The lowest BCUT2D eigenvalue weighted by atomic mass is 9.76. The number of rotatable bonds is 4. The van der Waals surface area contributed by atoms with Gasteiger partial charge in [-0.3, -0.25) is 0 Å². The summed E-state index contributed by atoms with van der Waals surface area (Å²) >= 11 is 0. The van der Waals surface area contributed by atoms with Crippen molar-refractivity contribution in [3.63, 3.8) is 0 Å². The first-order valence-corrected chi connectivity index (χ1v) is 6.91. The molecular formula is C13H24F2N2. The van der Waals surface area contributed by atoms with Crippen molar-refractivity contribution < 1.29 is 8.78 Å². The number of alkyl halides is 2. The summed E-state index contributed by atoms with van der Waals surface area (Å²) in [6.45, 7) is 5.54. The van der Waals surface area contributed by atoms with E-state index in [0.29, 0.717) is 26.1 Å². The average Bonchev–Trinajstić information content (AvgIpc) is 2.69. The van der Waals surface area contributed by atoms with Crippen molar-refractivity contribution in [1.82, 2.24) is 10.2 Å². The number of halogens is 2. The molecular weight excluding hydrogens is 222 g/mol. The standard InChI is InChI=1S/C13H24F2N2/c1-2-3-4-8-17-9-6-12(11-17)10-16-7-5-13(12,14)15/h16H,2-11H2,1H3/t12-/m0/s1. The third-order valence-electron chi connectivity index (χ3n) is 4.37. The Morgan fingerprint density at radius 1 is 1.24 bits per heavy atom. The van der Waals surface area contributed by atoms with Gasteiger partial charge >= 0.3 is 0 Å². The molecule has 0 unspecified atom stereocenters. The normalized spacial score (nSPS) is 33.4. The molecule has 0 radical (unpaired) electrons. The minimum atomic E-state index is -2.47. The first kappa shape index (κ1) is 13.2. The molecule has 4 heteroatoms. The molecule has 1 atom stereocenters. The monoisotopic (exact) mass is 246 g/mol. The summed E-state index contributed by atoms with van der Waals surface area (Å²) in [6, 6.07) is 0. The van der Waals surface area contributed by atoms with Gasteiger partial charge in [0.2, 0.25) is 0 Å². The average molecular weight is 246 g/mol. The molecule has 2 saturated heterocycles. The molecule has 1 spiro atoms. The van der Waals surface area contributed by atoms with Gasteiger partial charge in [-0.1, -0.05) is 19.8 Å². The minimum absolute atomic E-state index is 0.00972. The Bertz CT molecular complexity index is 258. The second-order valence-corrected chi connectivity index (χ2v) is 5.64. The van der Waals surface area contributed by atoms with E-state index in [1.54, 1.807) is 0 Å². The first-order valence-electron chi connectivity index (χ1n) is 6.91. The third-order valence-corrected chi connectivity index (χ3v) is 4.37. The molecule has 0 aromatic heterocycles. The van der Waals surface area contributed by atoms with E-state index in [4.69, 9.17) is 0 Å². The van der Waals surface area contributed by atoms with Gasteiger partial charge in [-0.15, -0.1) is 0 Å². The summed E-state index contributed by atoms with van der Waals surface area (Å²) in [5, 5.41) is 3.15. The van der Waals surface area contributed by atoms with Crippen molar-refractivity contribution >= 4 is 0 Å². The predicted octanol–water partition coefficient (Wildman–Crippen LogP) is 2.50. The molecule has 2 heterocycles. The molecule has 2 rings (SSSR count).